The smallest absolute Gasteiger partial charge is 0.171 e. The molecule has 134 valence electrons. The van der Waals surface area contributed by atoms with Crippen molar-refractivity contribution in [3.8, 4) is 5.75 Å². The van der Waals surface area contributed by atoms with Crippen LogP contribution in [0.1, 0.15) is 24.1 Å². The van der Waals surface area contributed by atoms with Gasteiger partial charge >= 0.3 is 0 Å². The molecule has 7 nitrogen and oxygen atoms in total. The molecule has 7 heteroatoms. The number of fused-ring (bicyclic) bond motifs is 1. The lowest BCUT2D eigenvalue weighted by Gasteiger charge is -2.26. The average Bonchev–Trinajstić information content (AvgIpc) is 2.99. The van der Waals surface area contributed by atoms with E-state index >= 15 is 0 Å². The molecule has 3 aromatic heterocycles. The van der Waals surface area contributed by atoms with Gasteiger partial charge in [-0.15, -0.1) is 10.2 Å². The monoisotopic (exact) mass is 350 g/mol. The van der Waals surface area contributed by atoms with Crippen LogP contribution in [0, 0.1) is 0 Å². The molecule has 0 aromatic carbocycles. The number of pyridine rings is 2. The van der Waals surface area contributed by atoms with Crippen molar-refractivity contribution >= 4 is 0 Å². The fraction of sp³-hybridized carbons (Fsp3) is 0.368. The van der Waals surface area contributed by atoms with Crippen LogP contribution < -0.4 is 4.74 Å². The van der Waals surface area contributed by atoms with E-state index in [1.807, 2.05) is 30.6 Å². The van der Waals surface area contributed by atoms with Crippen LogP contribution in [0.2, 0.25) is 0 Å². The summed E-state index contributed by atoms with van der Waals surface area (Å²) in [7, 11) is 0. The predicted octanol–water partition coefficient (Wildman–Crippen LogP) is 2.09. The van der Waals surface area contributed by atoms with Gasteiger partial charge in [-0.1, -0.05) is 6.07 Å². The van der Waals surface area contributed by atoms with Gasteiger partial charge in [0.1, 0.15) is 18.2 Å². The highest BCUT2D eigenvalue weighted by Gasteiger charge is 2.24. The lowest BCUT2D eigenvalue weighted by molar-refractivity contribution is 0.201. The van der Waals surface area contributed by atoms with Gasteiger partial charge in [-0.25, -0.2) is 0 Å². The van der Waals surface area contributed by atoms with Crippen molar-refractivity contribution in [1.29, 1.82) is 0 Å². The minimum absolute atomic E-state index is 0.396. The first kappa shape index (κ1) is 16.7. The van der Waals surface area contributed by atoms with Gasteiger partial charge in [0.25, 0.3) is 0 Å². The normalized spacial score (nSPS) is 17.5. The van der Waals surface area contributed by atoms with Crippen molar-refractivity contribution in [2.75, 3.05) is 6.54 Å². The molecule has 0 saturated carbocycles. The Balaban J connectivity index is 1.44. The van der Waals surface area contributed by atoms with Crippen LogP contribution in [-0.2, 0) is 26.1 Å². The maximum absolute atomic E-state index is 5.80. The van der Waals surface area contributed by atoms with Crippen LogP contribution in [0.15, 0.2) is 49.1 Å². The molecule has 0 amide bonds. The molecule has 0 spiro atoms. The maximum atomic E-state index is 5.80. The summed E-state index contributed by atoms with van der Waals surface area (Å²) in [4.78, 5) is 10.8. The summed E-state index contributed by atoms with van der Waals surface area (Å²) in [6.07, 6.45) is 8.06. The molecular formula is C19H22N6O. The summed E-state index contributed by atoms with van der Waals surface area (Å²) in [5.41, 5.74) is 1.23. The third-order valence-corrected chi connectivity index (χ3v) is 4.73. The van der Waals surface area contributed by atoms with Crippen LogP contribution in [0.5, 0.6) is 5.75 Å². The Morgan fingerprint density at radius 1 is 1.08 bits per heavy atom. The van der Waals surface area contributed by atoms with E-state index in [1.54, 1.807) is 12.4 Å². The van der Waals surface area contributed by atoms with Crippen LogP contribution >= 0.6 is 0 Å². The molecular weight excluding hydrogens is 328 g/mol. The van der Waals surface area contributed by atoms with Gasteiger partial charge < -0.3 is 9.30 Å². The number of hydrogen-bond donors (Lipinski definition) is 0. The molecule has 4 rings (SSSR count). The first-order valence-corrected chi connectivity index (χ1v) is 8.86. The highest BCUT2D eigenvalue weighted by atomic mass is 16.5. The molecule has 0 radical (unpaired) electrons. The Morgan fingerprint density at radius 2 is 1.92 bits per heavy atom. The van der Waals surface area contributed by atoms with Crippen molar-refractivity contribution < 1.29 is 4.74 Å². The van der Waals surface area contributed by atoms with Crippen molar-refractivity contribution in [2.45, 2.75) is 39.1 Å². The third kappa shape index (κ3) is 3.72. The molecule has 0 bridgehead atoms. The van der Waals surface area contributed by atoms with E-state index in [9.17, 15) is 0 Å². The fourth-order valence-electron chi connectivity index (χ4n) is 3.27. The van der Waals surface area contributed by atoms with Gasteiger partial charge in [0.15, 0.2) is 5.82 Å². The van der Waals surface area contributed by atoms with E-state index < -0.39 is 0 Å². The largest absolute Gasteiger partial charge is 0.484 e. The first-order chi connectivity index (χ1) is 12.8. The number of hydrogen-bond acceptors (Lipinski definition) is 6. The Bertz CT molecular complexity index is 836. The molecule has 0 aliphatic carbocycles. The summed E-state index contributed by atoms with van der Waals surface area (Å²) in [6, 6.07) is 8.26. The summed E-state index contributed by atoms with van der Waals surface area (Å²) >= 11 is 0. The number of ether oxygens (including phenoxy) is 1. The van der Waals surface area contributed by atoms with Crippen molar-refractivity contribution in [3.05, 3.63) is 66.3 Å². The molecule has 1 aliphatic heterocycles. The Labute approximate surface area is 152 Å². The van der Waals surface area contributed by atoms with Crippen LogP contribution in [-0.4, -0.2) is 42.2 Å². The summed E-state index contributed by atoms with van der Waals surface area (Å²) < 4.78 is 7.99. The SMILES string of the molecule is CC1Cc2nnc(COc3cccnc3)n2CCN1Cc1cccnc1. The Morgan fingerprint density at radius 3 is 2.69 bits per heavy atom. The summed E-state index contributed by atoms with van der Waals surface area (Å²) in [5, 5.41) is 8.74. The van der Waals surface area contributed by atoms with Gasteiger partial charge in [-0.05, 0) is 30.7 Å². The number of nitrogens with zero attached hydrogens (tertiary/aromatic N) is 6. The van der Waals surface area contributed by atoms with Crippen molar-refractivity contribution in [2.24, 2.45) is 0 Å². The zero-order chi connectivity index (χ0) is 17.8. The molecule has 0 N–H and O–H groups in total. The second-order valence-corrected chi connectivity index (χ2v) is 6.55. The fourth-order valence-corrected chi connectivity index (χ4v) is 3.27. The first-order valence-electron chi connectivity index (χ1n) is 8.86. The zero-order valence-corrected chi connectivity index (χ0v) is 14.8. The van der Waals surface area contributed by atoms with Crippen LogP contribution in [0.3, 0.4) is 0 Å². The minimum Gasteiger partial charge on any atom is -0.484 e. The van der Waals surface area contributed by atoms with Gasteiger partial charge in [0, 0.05) is 50.7 Å². The number of aromatic nitrogens is 5. The molecule has 1 atom stereocenters. The van der Waals surface area contributed by atoms with E-state index in [2.05, 4.69) is 42.6 Å². The molecule has 1 aliphatic rings. The summed E-state index contributed by atoms with van der Waals surface area (Å²) in [5.74, 6) is 2.63. The Kier molecular flexibility index (Phi) is 4.88. The third-order valence-electron chi connectivity index (χ3n) is 4.73. The second kappa shape index (κ2) is 7.61. The predicted molar refractivity (Wildman–Crippen MR) is 96.4 cm³/mol. The topological polar surface area (TPSA) is 69.0 Å². The van der Waals surface area contributed by atoms with Crippen molar-refractivity contribution in [1.82, 2.24) is 29.6 Å². The minimum atomic E-state index is 0.396. The zero-order valence-electron chi connectivity index (χ0n) is 14.8. The van der Waals surface area contributed by atoms with E-state index in [1.165, 1.54) is 5.56 Å². The van der Waals surface area contributed by atoms with E-state index in [0.29, 0.717) is 12.6 Å². The molecule has 4 heterocycles. The van der Waals surface area contributed by atoms with Crippen LogP contribution in [0.25, 0.3) is 0 Å². The van der Waals surface area contributed by atoms with E-state index in [0.717, 1.165) is 43.5 Å². The highest BCUT2D eigenvalue weighted by molar-refractivity contribution is 5.16. The molecule has 3 aromatic rings. The van der Waals surface area contributed by atoms with Gasteiger partial charge in [-0.3, -0.25) is 14.9 Å². The molecule has 1 unspecified atom stereocenters. The van der Waals surface area contributed by atoms with Crippen LogP contribution in [0.4, 0.5) is 0 Å². The maximum Gasteiger partial charge on any atom is 0.171 e. The second-order valence-electron chi connectivity index (χ2n) is 6.55. The van der Waals surface area contributed by atoms with E-state index in [4.69, 9.17) is 4.74 Å². The highest BCUT2D eigenvalue weighted by Crippen LogP contribution is 2.18. The summed E-state index contributed by atoms with van der Waals surface area (Å²) in [6.45, 7) is 5.34. The average molecular weight is 350 g/mol. The molecule has 26 heavy (non-hydrogen) atoms. The van der Waals surface area contributed by atoms with E-state index in [-0.39, 0.29) is 0 Å². The van der Waals surface area contributed by atoms with Gasteiger partial charge in [0.05, 0.1) is 6.20 Å². The standard InChI is InChI=1S/C19H22N6O/c1-15-10-18-22-23-19(14-26-17-5-3-7-21-12-17)25(18)9-8-24(15)13-16-4-2-6-20-11-16/h2-7,11-12,15H,8-10,13-14H2,1H3. The Hall–Kier alpha value is -2.80. The lowest BCUT2D eigenvalue weighted by Crippen LogP contribution is -2.34. The molecule has 0 saturated heterocycles. The van der Waals surface area contributed by atoms with Crippen molar-refractivity contribution in [3.63, 3.8) is 0 Å². The van der Waals surface area contributed by atoms with Gasteiger partial charge in [0.2, 0.25) is 0 Å². The van der Waals surface area contributed by atoms with Gasteiger partial charge in [-0.2, -0.15) is 0 Å². The molecule has 0 fully saturated rings. The lowest BCUT2D eigenvalue weighted by atomic mass is 10.1. The number of rotatable bonds is 5. The quantitative estimate of drug-likeness (QED) is 0.702.